The van der Waals surface area contributed by atoms with Crippen molar-refractivity contribution in [1.29, 1.82) is 5.26 Å². The topological polar surface area (TPSA) is 33.0 Å². The molecule has 1 heterocycles. The average molecular weight is 307 g/mol. The number of morpholine rings is 1. The second-order valence-corrected chi connectivity index (χ2v) is 6.26. The zero-order chi connectivity index (χ0) is 16.0. The predicted molar refractivity (Wildman–Crippen MR) is 90.5 cm³/mol. The van der Waals surface area contributed by atoms with E-state index in [0.717, 1.165) is 43.8 Å². The van der Waals surface area contributed by atoms with Crippen molar-refractivity contribution in [3.63, 3.8) is 0 Å². The van der Waals surface area contributed by atoms with E-state index in [2.05, 4.69) is 42.5 Å². The van der Waals surface area contributed by atoms with Crippen molar-refractivity contribution in [2.75, 3.05) is 26.3 Å². The van der Waals surface area contributed by atoms with E-state index in [1.807, 2.05) is 24.3 Å². The highest BCUT2D eigenvalue weighted by Crippen LogP contribution is 2.24. The summed E-state index contributed by atoms with van der Waals surface area (Å²) in [6, 6.07) is 23.4. The number of nitrogens with zero attached hydrogens (tertiary/aromatic N) is 2. The first-order valence-corrected chi connectivity index (χ1v) is 8.23. The predicted octanol–water partition coefficient (Wildman–Crippen LogP) is 3.17. The maximum atomic E-state index is 9.88. The summed E-state index contributed by atoms with van der Waals surface area (Å²) in [6.45, 7) is 4.18. The molecule has 3 nitrogen and oxygen atoms in total. The van der Waals surface area contributed by atoms with Crippen molar-refractivity contribution in [3.8, 4) is 6.07 Å². The van der Waals surface area contributed by atoms with Crippen LogP contribution >= 0.6 is 0 Å². The van der Waals surface area contributed by atoms with Gasteiger partial charge in [0.05, 0.1) is 13.2 Å². The second-order valence-electron chi connectivity index (χ2n) is 6.26. The summed E-state index contributed by atoms with van der Waals surface area (Å²) < 4.78 is 6.38. The highest BCUT2D eigenvalue weighted by molar-refractivity contribution is 5.18. The summed E-state index contributed by atoms with van der Waals surface area (Å²) in [5.74, 6) is 0. The molecule has 3 rings (SSSR count). The van der Waals surface area contributed by atoms with Gasteiger partial charge in [-0.2, -0.15) is 5.26 Å². The molecule has 0 saturated carbocycles. The summed E-state index contributed by atoms with van der Waals surface area (Å²) in [4.78, 5) is 0. The molecule has 1 aliphatic heterocycles. The smallest absolute Gasteiger partial charge is 0.180 e. The van der Waals surface area contributed by atoms with Crippen LogP contribution in [0, 0.1) is 11.3 Å². The molecule has 0 aliphatic carbocycles. The van der Waals surface area contributed by atoms with Gasteiger partial charge in [0, 0.05) is 12.0 Å². The molecule has 2 aromatic carbocycles. The van der Waals surface area contributed by atoms with Crippen molar-refractivity contribution in [2.24, 2.45) is 0 Å². The number of ether oxygens (including phenoxy) is 1. The number of rotatable bonds is 5. The van der Waals surface area contributed by atoms with Crippen LogP contribution in [0.3, 0.4) is 0 Å². The lowest BCUT2D eigenvalue weighted by Gasteiger charge is -2.44. The summed E-state index contributed by atoms with van der Waals surface area (Å²) in [6.07, 6.45) is 0.796. The molecule has 1 aliphatic rings. The van der Waals surface area contributed by atoms with Crippen LogP contribution in [0.25, 0.3) is 0 Å². The minimum atomic E-state index is -0.0403. The van der Waals surface area contributed by atoms with Crippen LogP contribution in [0.1, 0.15) is 11.1 Å². The lowest BCUT2D eigenvalue weighted by molar-refractivity contribution is -0.962. The lowest BCUT2D eigenvalue weighted by atomic mass is 10.0. The minimum Gasteiger partial charge on any atom is -0.370 e. The van der Waals surface area contributed by atoms with Gasteiger partial charge in [-0.1, -0.05) is 60.7 Å². The van der Waals surface area contributed by atoms with E-state index in [9.17, 15) is 5.26 Å². The molecule has 1 fully saturated rings. The van der Waals surface area contributed by atoms with Gasteiger partial charge < -0.3 is 9.22 Å². The van der Waals surface area contributed by atoms with E-state index in [1.165, 1.54) is 11.1 Å². The van der Waals surface area contributed by atoms with Crippen LogP contribution in [0.15, 0.2) is 60.7 Å². The Morgan fingerprint density at radius 3 is 2.04 bits per heavy atom. The van der Waals surface area contributed by atoms with Crippen molar-refractivity contribution < 1.29 is 9.22 Å². The largest absolute Gasteiger partial charge is 0.370 e. The number of nitriles is 1. The highest BCUT2D eigenvalue weighted by Gasteiger charge is 2.39. The molecule has 0 aromatic heterocycles. The van der Waals surface area contributed by atoms with Crippen molar-refractivity contribution in [2.45, 2.75) is 19.0 Å². The van der Waals surface area contributed by atoms with E-state index in [4.69, 9.17) is 4.74 Å². The molecule has 23 heavy (non-hydrogen) atoms. The molecule has 0 radical (unpaired) electrons. The van der Waals surface area contributed by atoms with Gasteiger partial charge in [0.2, 0.25) is 0 Å². The maximum Gasteiger partial charge on any atom is 0.180 e. The zero-order valence-corrected chi connectivity index (χ0v) is 13.4. The summed E-state index contributed by atoms with van der Waals surface area (Å²) in [5, 5.41) is 9.88. The Hall–Kier alpha value is -2.15. The van der Waals surface area contributed by atoms with Crippen LogP contribution in [0.5, 0.6) is 0 Å². The van der Waals surface area contributed by atoms with E-state index in [0.29, 0.717) is 0 Å². The molecule has 1 unspecified atom stereocenters. The summed E-state index contributed by atoms with van der Waals surface area (Å²) in [5.41, 5.74) is 2.53. The molecular formula is C20H23N2O+. The van der Waals surface area contributed by atoms with Gasteiger partial charge in [0.25, 0.3) is 0 Å². The Morgan fingerprint density at radius 2 is 1.48 bits per heavy atom. The molecule has 3 heteroatoms. The molecule has 1 saturated heterocycles. The molecular weight excluding hydrogens is 284 g/mol. The Morgan fingerprint density at radius 1 is 0.913 bits per heavy atom. The third kappa shape index (κ3) is 3.79. The van der Waals surface area contributed by atoms with Crippen LogP contribution in [0.4, 0.5) is 0 Å². The quantitative estimate of drug-likeness (QED) is 0.795. The van der Waals surface area contributed by atoms with Crippen LogP contribution in [0.2, 0.25) is 0 Å². The Balaban J connectivity index is 1.85. The van der Waals surface area contributed by atoms with Gasteiger partial charge in [-0.05, 0) is 5.56 Å². The molecule has 1 atom stereocenters. The first kappa shape index (κ1) is 15.7. The SMILES string of the molecule is N#CC(Cc1ccccc1)[N+]1(Cc2ccccc2)CCOCC1. The fraction of sp³-hybridized carbons (Fsp3) is 0.350. The molecule has 2 aromatic rings. The Labute approximate surface area is 138 Å². The minimum absolute atomic E-state index is 0.0403. The monoisotopic (exact) mass is 307 g/mol. The number of benzene rings is 2. The van der Waals surface area contributed by atoms with Gasteiger partial charge in [-0.15, -0.1) is 0 Å². The molecule has 0 bridgehead atoms. The maximum absolute atomic E-state index is 9.88. The normalized spacial score (nSPS) is 18.0. The van der Waals surface area contributed by atoms with Gasteiger partial charge >= 0.3 is 0 Å². The van der Waals surface area contributed by atoms with Gasteiger partial charge in [-0.3, -0.25) is 0 Å². The average Bonchev–Trinajstić information content (AvgIpc) is 2.62. The lowest BCUT2D eigenvalue weighted by Crippen LogP contribution is -2.60. The second kappa shape index (κ2) is 7.41. The number of hydrogen-bond donors (Lipinski definition) is 0. The Bertz CT molecular complexity index is 642. The van der Waals surface area contributed by atoms with Crippen LogP contribution in [-0.4, -0.2) is 36.8 Å². The van der Waals surface area contributed by atoms with E-state index < -0.39 is 0 Å². The first-order chi connectivity index (χ1) is 11.3. The Kier molecular flexibility index (Phi) is 5.07. The van der Waals surface area contributed by atoms with Crippen molar-refractivity contribution in [1.82, 2.24) is 0 Å². The van der Waals surface area contributed by atoms with Gasteiger partial charge in [-0.25, -0.2) is 0 Å². The summed E-state index contributed by atoms with van der Waals surface area (Å²) >= 11 is 0. The first-order valence-electron chi connectivity index (χ1n) is 8.23. The van der Waals surface area contributed by atoms with E-state index in [-0.39, 0.29) is 6.04 Å². The fourth-order valence-corrected chi connectivity index (χ4v) is 3.43. The van der Waals surface area contributed by atoms with Crippen molar-refractivity contribution >= 4 is 0 Å². The third-order valence-corrected chi connectivity index (χ3v) is 4.78. The fourth-order valence-electron chi connectivity index (χ4n) is 3.43. The number of hydrogen-bond acceptors (Lipinski definition) is 2. The molecule has 0 N–H and O–H groups in total. The standard InChI is InChI=1S/C20H23N2O/c21-16-20(15-18-7-3-1-4-8-18)22(11-13-23-14-12-22)17-19-9-5-2-6-10-19/h1-10,20H,11-15,17H2/q+1. The van der Waals surface area contributed by atoms with Crippen LogP contribution < -0.4 is 0 Å². The molecule has 0 spiro atoms. The van der Waals surface area contributed by atoms with E-state index >= 15 is 0 Å². The van der Waals surface area contributed by atoms with Crippen LogP contribution in [-0.2, 0) is 17.7 Å². The molecule has 0 amide bonds. The van der Waals surface area contributed by atoms with Crippen molar-refractivity contribution in [3.05, 3.63) is 71.8 Å². The summed E-state index contributed by atoms with van der Waals surface area (Å²) in [7, 11) is 0. The zero-order valence-electron chi connectivity index (χ0n) is 13.4. The third-order valence-electron chi connectivity index (χ3n) is 4.78. The highest BCUT2D eigenvalue weighted by atomic mass is 16.5. The van der Waals surface area contributed by atoms with Gasteiger partial charge in [0.1, 0.15) is 25.7 Å². The molecule has 118 valence electrons. The number of quaternary nitrogens is 1. The van der Waals surface area contributed by atoms with Gasteiger partial charge in [0.15, 0.2) is 6.04 Å². The van der Waals surface area contributed by atoms with E-state index in [1.54, 1.807) is 0 Å².